The van der Waals surface area contributed by atoms with Gasteiger partial charge in [-0.15, -0.1) is 0 Å². The molecule has 1 aromatic heterocycles. The van der Waals surface area contributed by atoms with Crippen LogP contribution in [-0.4, -0.2) is 12.1 Å². The summed E-state index contributed by atoms with van der Waals surface area (Å²) in [4.78, 5) is 4.19. The van der Waals surface area contributed by atoms with Crippen LogP contribution in [0.5, 0.6) is 5.75 Å². The van der Waals surface area contributed by atoms with Gasteiger partial charge in [-0.25, -0.2) is 0 Å². The van der Waals surface area contributed by atoms with E-state index in [0.29, 0.717) is 6.42 Å². The lowest BCUT2D eigenvalue weighted by Gasteiger charge is -2.04. The number of hydrogen-bond acceptors (Lipinski definition) is 3. The molecule has 0 amide bonds. The highest BCUT2D eigenvalue weighted by molar-refractivity contribution is 5.85. The zero-order valence-corrected chi connectivity index (χ0v) is 8.40. The minimum absolute atomic E-state index is 0.337. The lowest BCUT2D eigenvalue weighted by Crippen LogP contribution is -1.90. The molecule has 0 saturated heterocycles. The Hall–Kier alpha value is -2.08. The van der Waals surface area contributed by atoms with E-state index in [4.69, 9.17) is 10.00 Å². The Morgan fingerprint density at radius 1 is 1.40 bits per heavy atom. The molecule has 0 fully saturated rings. The Morgan fingerprint density at radius 2 is 2.27 bits per heavy atom. The highest BCUT2D eigenvalue weighted by Crippen LogP contribution is 2.22. The fourth-order valence-corrected chi connectivity index (χ4v) is 1.56. The van der Waals surface area contributed by atoms with Crippen molar-refractivity contribution in [2.45, 2.75) is 6.42 Å². The van der Waals surface area contributed by atoms with Crippen molar-refractivity contribution < 1.29 is 4.74 Å². The summed E-state index contributed by atoms with van der Waals surface area (Å²) in [7, 11) is 1.64. The molecule has 2 rings (SSSR count). The summed E-state index contributed by atoms with van der Waals surface area (Å²) in [6, 6.07) is 9.79. The number of fused-ring (bicyclic) bond motifs is 1. The molecule has 3 nitrogen and oxygen atoms in total. The maximum absolute atomic E-state index is 8.67. The predicted molar refractivity (Wildman–Crippen MR) is 57.6 cm³/mol. The van der Waals surface area contributed by atoms with Gasteiger partial charge in [-0.3, -0.25) is 4.98 Å². The van der Waals surface area contributed by atoms with E-state index >= 15 is 0 Å². The van der Waals surface area contributed by atoms with Crippen molar-refractivity contribution in [2.24, 2.45) is 0 Å². The van der Waals surface area contributed by atoms with Gasteiger partial charge in [0, 0.05) is 11.6 Å². The minimum Gasteiger partial charge on any atom is -0.497 e. The number of ether oxygens (including phenoxy) is 1. The third-order valence-electron chi connectivity index (χ3n) is 2.30. The van der Waals surface area contributed by atoms with Gasteiger partial charge in [-0.2, -0.15) is 5.26 Å². The summed E-state index contributed by atoms with van der Waals surface area (Å²) in [5, 5.41) is 10.7. The fraction of sp³-hybridized carbons (Fsp3) is 0.167. The Kier molecular flexibility index (Phi) is 2.51. The average molecular weight is 198 g/mol. The topological polar surface area (TPSA) is 45.9 Å². The van der Waals surface area contributed by atoms with Crippen molar-refractivity contribution in [1.82, 2.24) is 4.98 Å². The Balaban J connectivity index is 2.62. The first-order chi connectivity index (χ1) is 7.35. The van der Waals surface area contributed by atoms with Crippen molar-refractivity contribution in [3.63, 3.8) is 0 Å². The molecule has 74 valence electrons. The SMILES string of the molecule is COc1ccc2c(CC#N)nccc2c1. The van der Waals surface area contributed by atoms with Gasteiger partial charge in [0.15, 0.2) is 0 Å². The number of methoxy groups -OCH3 is 1. The van der Waals surface area contributed by atoms with Crippen LogP contribution in [0.2, 0.25) is 0 Å². The Bertz CT molecular complexity index is 529. The second-order valence-electron chi connectivity index (χ2n) is 3.18. The van der Waals surface area contributed by atoms with E-state index in [0.717, 1.165) is 22.2 Å². The third kappa shape index (κ3) is 1.75. The Labute approximate surface area is 87.9 Å². The number of rotatable bonds is 2. The van der Waals surface area contributed by atoms with Gasteiger partial charge >= 0.3 is 0 Å². The molecule has 0 saturated carbocycles. The van der Waals surface area contributed by atoms with E-state index < -0.39 is 0 Å². The van der Waals surface area contributed by atoms with Crippen molar-refractivity contribution in [1.29, 1.82) is 5.26 Å². The van der Waals surface area contributed by atoms with E-state index in [1.807, 2.05) is 24.3 Å². The molecule has 0 aliphatic rings. The maximum Gasteiger partial charge on any atom is 0.119 e. The van der Waals surface area contributed by atoms with Gasteiger partial charge in [0.25, 0.3) is 0 Å². The van der Waals surface area contributed by atoms with E-state index in [9.17, 15) is 0 Å². The standard InChI is InChI=1S/C12H10N2O/c1-15-10-2-3-11-9(8-10)5-7-14-12(11)4-6-13/h2-3,5,7-8H,4H2,1H3. The zero-order chi connectivity index (χ0) is 10.7. The van der Waals surface area contributed by atoms with Gasteiger partial charge in [-0.05, 0) is 29.7 Å². The van der Waals surface area contributed by atoms with E-state index in [1.54, 1.807) is 13.3 Å². The molecule has 0 aliphatic carbocycles. The molecular weight excluding hydrogens is 188 g/mol. The second-order valence-corrected chi connectivity index (χ2v) is 3.18. The van der Waals surface area contributed by atoms with E-state index in [-0.39, 0.29) is 0 Å². The first kappa shape index (κ1) is 9.47. The summed E-state index contributed by atoms with van der Waals surface area (Å²) >= 11 is 0. The average Bonchev–Trinajstić information content (AvgIpc) is 2.29. The van der Waals surface area contributed by atoms with Gasteiger partial charge in [0.1, 0.15) is 5.75 Å². The normalized spacial score (nSPS) is 9.87. The molecule has 0 aliphatic heterocycles. The lowest BCUT2D eigenvalue weighted by molar-refractivity contribution is 0.415. The van der Waals surface area contributed by atoms with Crippen LogP contribution in [0.4, 0.5) is 0 Å². The van der Waals surface area contributed by atoms with Gasteiger partial charge < -0.3 is 4.74 Å². The van der Waals surface area contributed by atoms with Crippen LogP contribution >= 0.6 is 0 Å². The molecule has 3 heteroatoms. The molecule has 1 aromatic carbocycles. The quantitative estimate of drug-likeness (QED) is 0.743. The van der Waals surface area contributed by atoms with Gasteiger partial charge in [0.05, 0.1) is 25.3 Å². The first-order valence-corrected chi connectivity index (χ1v) is 4.63. The highest BCUT2D eigenvalue weighted by Gasteiger charge is 2.02. The molecule has 15 heavy (non-hydrogen) atoms. The summed E-state index contributed by atoms with van der Waals surface area (Å²) in [6.07, 6.45) is 2.05. The maximum atomic E-state index is 8.67. The molecule has 0 unspecified atom stereocenters. The van der Waals surface area contributed by atoms with Gasteiger partial charge in [0.2, 0.25) is 0 Å². The van der Waals surface area contributed by atoms with E-state index in [2.05, 4.69) is 11.1 Å². The molecule has 0 radical (unpaired) electrons. The van der Waals surface area contributed by atoms with Crippen LogP contribution in [0.1, 0.15) is 5.69 Å². The van der Waals surface area contributed by atoms with Crippen molar-refractivity contribution in [2.75, 3.05) is 7.11 Å². The fourth-order valence-electron chi connectivity index (χ4n) is 1.56. The van der Waals surface area contributed by atoms with Crippen LogP contribution in [0.25, 0.3) is 10.8 Å². The number of nitriles is 1. The van der Waals surface area contributed by atoms with Crippen LogP contribution < -0.4 is 4.74 Å². The van der Waals surface area contributed by atoms with Crippen LogP contribution in [0, 0.1) is 11.3 Å². The van der Waals surface area contributed by atoms with Crippen molar-refractivity contribution in [3.05, 3.63) is 36.2 Å². The monoisotopic (exact) mass is 198 g/mol. The van der Waals surface area contributed by atoms with Crippen molar-refractivity contribution in [3.8, 4) is 11.8 Å². The molecule has 0 atom stereocenters. The van der Waals surface area contributed by atoms with Crippen LogP contribution in [0.15, 0.2) is 30.5 Å². The highest BCUT2D eigenvalue weighted by atomic mass is 16.5. The summed E-state index contributed by atoms with van der Waals surface area (Å²) < 4.78 is 5.14. The number of hydrogen-bond donors (Lipinski definition) is 0. The molecule has 1 heterocycles. The zero-order valence-electron chi connectivity index (χ0n) is 8.40. The third-order valence-corrected chi connectivity index (χ3v) is 2.30. The second kappa shape index (κ2) is 3.97. The summed E-state index contributed by atoms with van der Waals surface area (Å²) in [5.41, 5.74) is 0.817. The molecule has 0 N–H and O–H groups in total. The van der Waals surface area contributed by atoms with E-state index in [1.165, 1.54) is 0 Å². The molecular formula is C12H10N2O. The van der Waals surface area contributed by atoms with Crippen LogP contribution in [0.3, 0.4) is 0 Å². The largest absolute Gasteiger partial charge is 0.497 e. The smallest absolute Gasteiger partial charge is 0.119 e. The Morgan fingerprint density at radius 3 is 3.00 bits per heavy atom. The van der Waals surface area contributed by atoms with Gasteiger partial charge in [-0.1, -0.05) is 0 Å². The summed E-state index contributed by atoms with van der Waals surface area (Å²) in [6.45, 7) is 0. The van der Waals surface area contributed by atoms with Crippen LogP contribution in [-0.2, 0) is 6.42 Å². The lowest BCUT2D eigenvalue weighted by atomic mass is 10.1. The molecule has 2 aromatic rings. The predicted octanol–water partition coefficient (Wildman–Crippen LogP) is 2.31. The first-order valence-electron chi connectivity index (χ1n) is 4.63. The molecule has 0 spiro atoms. The number of benzene rings is 1. The number of aromatic nitrogens is 1. The number of nitrogens with zero attached hydrogens (tertiary/aromatic N) is 2. The number of pyridine rings is 1. The minimum atomic E-state index is 0.337. The molecule has 0 bridgehead atoms. The van der Waals surface area contributed by atoms with Crippen molar-refractivity contribution >= 4 is 10.8 Å². The summed E-state index contributed by atoms with van der Waals surface area (Å²) in [5.74, 6) is 0.816.